The van der Waals surface area contributed by atoms with Crippen molar-refractivity contribution in [3.8, 4) is 0 Å². The second kappa shape index (κ2) is 5.08. The van der Waals surface area contributed by atoms with E-state index in [0.717, 1.165) is 19.1 Å². The molecule has 4 nitrogen and oxygen atoms in total. The van der Waals surface area contributed by atoms with Crippen LogP contribution in [-0.2, 0) is 0 Å². The monoisotopic (exact) mass is 252 g/mol. The Balaban J connectivity index is 1.62. The largest absolute Gasteiger partial charge is 0.329 e. The summed E-state index contributed by atoms with van der Waals surface area (Å²) in [6.45, 7) is 6.66. The van der Waals surface area contributed by atoms with Crippen molar-refractivity contribution in [1.82, 2.24) is 15.3 Å². The van der Waals surface area contributed by atoms with Crippen molar-refractivity contribution >= 4 is 0 Å². The molecule has 3 rings (SSSR count). The Hall–Kier alpha value is -0.160. The molecule has 3 aliphatic rings. The minimum absolute atomic E-state index is 0.138. The van der Waals surface area contributed by atoms with Gasteiger partial charge in [0.05, 0.1) is 5.54 Å². The van der Waals surface area contributed by atoms with Gasteiger partial charge in [0, 0.05) is 38.3 Å². The Morgan fingerprint density at radius 3 is 2.56 bits per heavy atom. The van der Waals surface area contributed by atoms with Crippen molar-refractivity contribution in [3.63, 3.8) is 0 Å². The molecule has 18 heavy (non-hydrogen) atoms. The minimum atomic E-state index is 0.138. The van der Waals surface area contributed by atoms with Gasteiger partial charge < -0.3 is 5.73 Å². The third-order valence-electron chi connectivity index (χ3n) is 4.90. The molecule has 0 aromatic heterocycles. The maximum absolute atomic E-state index is 6.12. The Morgan fingerprint density at radius 2 is 1.94 bits per heavy atom. The first kappa shape index (κ1) is 12.9. The van der Waals surface area contributed by atoms with Gasteiger partial charge in [-0.1, -0.05) is 6.42 Å². The predicted octanol–water partition coefficient (Wildman–Crippen LogP) is 0.931. The van der Waals surface area contributed by atoms with Gasteiger partial charge in [0.1, 0.15) is 0 Å². The molecular formula is C14H28N4. The van der Waals surface area contributed by atoms with Gasteiger partial charge in [-0.15, -0.1) is 0 Å². The van der Waals surface area contributed by atoms with Crippen molar-refractivity contribution in [1.29, 1.82) is 0 Å². The first-order valence-electron chi connectivity index (χ1n) is 7.71. The van der Waals surface area contributed by atoms with Crippen LogP contribution in [0, 0.1) is 0 Å². The second-order valence-electron chi connectivity index (χ2n) is 6.60. The smallest absolute Gasteiger partial charge is 0.0589 e. The minimum Gasteiger partial charge on any atom is -0.329 e. The molecule has 104 valence electrons. The first-order valence-corrected chi connectivity index (χ1v) is 7.71. The normalized spacial score (nSPS) is 39.3. The highest BCUT2D eigenvalue weighted by Crippen LogP contribution is 2.37. The molecule has 4 heteroatoms. The fourth-order valence-electron chi connectivity index (χ4n) is 3.76. The van der Waals surface area contributed by atoms with Gasteiger partial charge >= 0.3 is 0 Å². The van der Waals surface area contributed by atoms with Crippen LogP contribution in [0.3, 0.4) is 0 Å². The molecule has 1 saturated carbocycles. The van der Waals surface area contributed by atoms with E-state index in [1.165, 1.54) is 51.6 Å². The number of likely N-dealkylation sites (tertiary alicyclic amines) is 1. The maximum atomic E-state index is 6.12. The molecule has 3 N–H and O–H groups in total. The third-order valence-corrected chi connectivity index (χ3v) is 4.90. The zero-order valence-corrected chi connectivity index (χ0v) is 11.7. The molecule has 3 fully saturated rings. The van der Waals surface area contributed by atoms with Crippen molar-refractivity contribution in [2.45, 2.75) is 63.1 Å². The summed E-state index contributed by atoms with van der Waals surface area (Å²) < 4.78 is 0. The predicted molar refractivity (Wildman–Crippen MR) is 74.2 cm³/mol. The van der Waals surface area contributed by atoms with E-state index in [9.17, 15) is 0 Å². The molecule has 0 amide bonds. The number of nitrogens with zero attached hydrogens (tertiary/aromatic N) is 2. The van der Waals surface area contributed by atoms with E-state index in [0.29, 0.717) is 6.04 Å². The molecule has 0 radical (unpaired) electrons. The number of rotatable bonds is 4. The summed E-state index contributed by atoms with van der Waals surface area (Å²) in [6, 6.07) is 1.55. The van der Waals surface area contributed by atoms with Crippen molar-refractivity contribution < 1.29 is 0 Å². The summed E-state index contributed by atoms with van der Waals surface area (Å²) in [7, 11) is 0. The lowest BCUT2D eigenvalue weighted by atomic mass is 9.97. The molecule has 0 aromatic rings. The van der Waals surface area contributed by atoms with E-state index in [-0.39, 0.29) is 5.54 Å². The summed E-state index contributed by atoms with van der Waals surface area (Å²) in [5, 5.41) is 2.43. The Kier molecular flexibility index (Phi) is 3.63. The molecule has 2 aliphatic heterocycles. The van der Waals surface area contributed by atoms with Crippen LogP contribution in [0.25, 0.3) is 0 Å². The van der Waals surface area contributed by atoms with E-state index >= 15 is 0 Å². The molecule has 2 heterocycles. The van der Waals surface area contributed by atoms with Crippen LogP contribution in [0.2, 0.25) is 0 Å². The number of hydrazine groups is 1. The maximum Gasteiger partial charge on any atom is 0.0589 e. The quantitative estimate of drug-likeness (QED) is 0.781. The van der Waals surface area contributed by atoms with Crippen molar-refractivity contribution in [3.05, 3.63) is 0 Å². The Labute approximate surface area is 111 Å². The topological polar surface area (TPSA) is 44.5 Å². The standard InChI is InChI=1S/C14H28N4/c1-12-9-14(10-15,11-18(12)13-5-6-13)16-17-7-3-2-4-8-17/h12-13,16H,2-11,15H2,1H3. The number of hydrogen-bond acceptors (Lipinski definition) is 4. The molecule has 0 bridgehead atoms. The summed E-state index contributed by atoms with van der Waals surface area (Å²) >= 11 is 0. The van der Waals surface area contributed by atoms with Crippen molar-refractivity contribution in [2.75, 3.05) is 26.2 Å². The van der Waals surface area contributed by atoms with E-state index < -0.39 is 0 Å². The third kappa shape index (κ3) is 2.57. The Morgan fingerprint density at radius 1 is 1.22 bits per heavy atom. The SMILES string of the molecule is CC1CC(CN)(NN2CCCCC2)CN1C1CC1. The van der Waals surface area contributed by atoms with Crippen LogP contribution in [0.5, 0.6) is 0 Å². The van der Waals surface area contributed by atoms with Crippen LogP contribution in [0.1, 0.15) is 45.4 Å². The number of hydrogen-bond donors (Lipinski definition) is 2. The zero-order valence-electron chi connectivity index (χ0n) is 11.7. The molecule has 0 aromatic carbocycles. The lowest BCUT2D eigenvalue weighted by Gasteiger charge is -2.38. The average Bonchev–Trinajstić information content (AvgIpc) is 3.17. The van der Waals surface area contributed by atoms with Crippen molar-refractivity contribution in [2.24, 2.45) is 5.73 Å². The fraction of sp³-hybridized carbons (Fsp3) is 1.00. The molecular weight excluding hydrogens is 224 g/mol. The molecule has 2 unspecified atom stereocenters. The van der Waals surface area contributed by atoms with Gasteiger partial charge in [0.25, 0.3) is 0 Å². The number of nitrogens with one attached hydrogen (secondary N) is 1. The van der Waals surface area contributed by atoms with Gasteiger partial charge in [0.2, 0.25) is 0 Å². The number of nitrogens with two attached hydrogens (primary N) is 1. The molecule has 2 atom stereocenters. The highest BCUT2D eigenvalue weighted by molar-refractivity contribution is 5.05. The summed E-state index contributed by atoms with van der Waals surface area (Å²) in [5.74, 6) is 0. The van der Waals surface area contributed by atoms with E-state index in [1.54, 1.807) is 0 Å². The average molecular weight is 252 g/mol. The fourth-order valence-corrected chi connectivity index (χ4v) is 3.76. The van der Waals surface area contributed by atoms with Crippen LogP contribution in [0.4, 0.5) is 0 Å². The Bertz CT molecular complexity index is 286. The van der Waals surface area contributed by atoms with Crippen LogP contribution in [0.15, 0.2) is 0 Å². The van der Waals surface area contributed by atoms with E-state index in [4.69, 9.17) is 5.73 Å². The molecule has 0 spiro atoms. The highest BCUT2D eigenvalue weighted by Gasteiger charge is 2.46. The van der Waals surface area contributed by atoms with Gasteiger partial charge in [-0.25, -0.2) is 10.4 Å². The van der Waals surface area contributed by atoms with Crippen LogP contribution in [-0.4, -0.2) is 53.7 Å². The lowest BCUT2D eigenvalue weighted by molar-refractivity contribution is 0.0849. The van der Waals surface area contributed by atoms with Crippen LogP contribution >= 0.6 is 0 Å². The molecule has 2 saturated heterocycles. The lowest BCUT2D eigenvalue weighted by Crippen LogP contribution is -2.60. The summed E-state index contributed by atoms with van der Waals surface area (Å²) in [6.07, 6.45) is 8.05. The van der Waals surface area contributed by atoms with Gasteiger partial charge in [-0.2, -0.15) is 0 Å². The summed E-state index contributed by atoms with van der Waals surface area (Å²) in [5.41, 5.74) is 10.0. The van der Waals surface area contributed by atoms with Gasteiger partial charge in [-0.05, 0) is 39.0 Å². The van der Waals surface area contributed by atoms with E-state index in [1.807, 2.05) is 0 Å². The van der Waals surface area contributed by atoms with E-state index in [2.05, 4.69) is 22.3 Å². The van der Waals surface area contributed by atoms with Crippen LogP contribution < -0.4 is 11.2 Å². The summed E-state index contributed by atoms with van der Waals surface area (Å²) in [4.78, 5) is 2.68. The number of piperidine rings is 1. The first-order chi connectivity index (χ1) is 8.72. The highest BCUT2D eigenvalue weighted by atomic mass is 15.5. The zero-order chi connectivity index (χ0) is 12.6. The molecule has 1 aliphatic carbocycles. The second-order valence-corrected chi connectivity index (χ2v) is 6.60. The van der Waals surface area contributed by atoms with Gasteiger partial charge in [-0.3, -0.25) is 4.90 Å². The van der Waals surface area contributed by atoms with Gasteiger partial charge in [0.15, 0.2) is 0 Å².